The Hall–Kier alpha value is -3.16. The first-order chi connectivity index (χ1) is 15.7. The number of thioether (sulfide) groups is 2. The molecule has 3 rings (SSSR count). The van der Waals surface area contributed by atoms with Crippen LogP contribution in [0.5, 0.6) is 0 Å². The fourth-order valence-electron chi connectivity index (χ4n) is 2.92. The van der Waals surface area contributed by atoms with Gasteiger partial charge in [0.1, 0.15) is 22.8 Å². The first-order valence-electron chi connectivity index (χ1n) is 8.85. The van der Waals surface area contributed by atoms with Crippen molar-refractivity contribution in [2.45, 2.75) is 18.0 Å². The van der Waals surface area contributed by atoms with Gasteiger partial charge in [0.25, 0.3) is 11.8 Å². The molecule has 3 heterocycles. The number of oxime groups is 1. The van der Waals surface area contributed by atoms with Crippen molar-refractivity contribution in [1.29, 1.82) is 5.26 Å². The summed E-state index contributed by atoms with van der Waals surface area (Å²) < 4.78 is 24.9. The van der Waals surface area contributed by atoms with Crippen LogP contribution in [-0.4, -0.2) is 68.0 Å². The van der Waals surface area contributed by atoms with E-state index in [0.29, 0.717) is 5.57 Å². The van der Waals surface area contributed by atoms with Gasteiger partial charge in [0.2, 0.25) is 0 Å². The van der Waals surface area contributed by atoms with Crippen molar-refractivity contribution in [1.82, 2.24) is 15.2 Å². The number of amides is 2. The molecular formula is C17H14F2N6O5S3. The molecule has 1 saturated heterocycles. The minimum absolute atomic E-state index is 0.0579. The van der Waals surface area contributed by atoms with E-state index in [1.807, 2.05) is 6.07 Å². The lowest BCUT2D eigenvalue weighted by molar-refractivity contribution is -0.150. The number of thiazole rings is 1. The van der Waals surface area contributed by atoms with Crippen LogP contribution >= 0.6 is 34.9 Å². The number of nitrogen functional groups attached to an aromatic ring is 1. The van der Waals surface area contributed by atoms with Gasteiger partial charge in [0.15, 0.2) is 10.8 Å². The van der Waals surface area contributed by atoms with Crippen LogP contribution in [0.1, 0.15) is 5.69 Å². The lowest BCUT2D eigenvalue weighted by Gasteiger charge is -2.49. The van der Waals surface area contributed by atoms with Crippen molar-refractivity contribution in [3.8, 4) is 6.07 Å². The summed E-state index contributed by atoms with van der Waals surface area (Å²) in [7, 11) is 0. The highest BCUT2D eigenvalue weighted by molar-refractivity contribution is 8.02. The number of carbonyl (C=O) groups excluding carboxylic acids is 2. The number of fused-ring (bicyclic) bond motifs is 1. The van der Waals surface area contributed by atoms with Crippen LogP contribution in [0.25, 0.3) is 0 Å². The number of alkyl halides is 2. The largest absolute Gasteiger partial charge is 0.477 e. The number of rotatable bonds is 9. The molecule has 2 aliphatic heterocycles. The number of nitriles is 1. The SMILES string of the molecule is N#C/C=C\SCC1=C(C(=O)O)N2C(=O)C(NC(=O)C(=NOC(F)F)c3csc(N)n3)[C@@H]2SC1. The number of carbonyl (C=O) groups is 3. The number of hydrogen-bond acceptors (Lipinski definition) is 11. The van der Waals surface area contributed by atoms with Gasteiger partial charge in [-0.1, -0.05) is 5.16 Å². The molecule has 1 aromatic heterocycles. The summed E-state index contributed by atoms with van der Waals surface area (Å²) in [4.78, 5) is 46.0. The molecule has 2 atom stereocenters. The summed E-state index contributed by atoms with van der Waals surface area (Å²) in [5, 5.41) is 25.8. The molecular weight excluding hydrogens is 502 g/mol. The van der Waals surface area contributed by atoms with Gasteiger partial charge in [-0.3, -0.25) is 14.5 Å². The molecule has 16 heteroatoms. The van der Waals surface area contributed by atoms with Crippen molar-refractivity contribution in [2.24, 2.45) is 5.16 Å². The van der Waals surface area contributed by atoms with Gasteiger partial charge in [0.05, 0.1) is 6.07 Å². The zero-order valence-corrected chi connectivity index (χ0v) is 18.8. The second-order valence-electron chi connectivity index (χ2n) is 6.24. The number of carboxylic acid groups (broad SMARTS) is 1. The number of aromatic nitrogens is 1. The van der Waals surface area contributed by atoms with E-state index in [4.69, 9.17) is 11.0 Å². The van der Waals surface area contributed by atoms with Gasteiger partial charge in [-0.15, -0.1) is 34.9 Å². The number of anilines is 1. The standard InChI is InChI=1S/C17H14F2N6O5S3/c18-16(19)30-24-9(8-6-33-17(21)22-8)12(26)23-10-13(27)25-11(15(28)29)7(5-32-14(10)25)4-31-3-1-2-20/h1,3,6,10,14,16H,4-5H2,(H2,21,22)(H,23,26)(H,28,29)/b3-1-,24-9?/t10?,14-/m0/s1. The highest BCUT2D eigenvalue weighted by Crippen LogP contribution is 2.41. The molecule has 0 saturated carbocycles. The molecule has 2 amide bonds. The van der Waals surface area contributed by atoms with Crippen LogP contribution < -0.4 is 11.1 Å². The van der Waals surface area contributed by atoms with Gasteiger partial charge >= 0.3 is 12.6 Å². The molecule has 0 radical (unpaired) electrons. The highest BCUT2D eigenvalue weighted by atomic mass is 32.2. The number of hydrogen-bond donors (Lipinski definition) is 3. The second kappa shape index (κ2) is 10.6. The van der Waals surface area contributed by atoms with Crippen molar-refractivity contribution >= 4 is 63.5 Å². The average Bonchev–Trinajstić information content (AvgIpc) is 3.20. The molecule has 0 spiro atoms. The quantitative estimate of drug-likeness (QED) is 0.187. The van der Waals surface area contributed by atoms with Crippen molar-refractivity contribution in [3.05, 3.63) is 33.8 Å². The third-order valence-corrected chi connectivity index (χ3v) is 7.09. The molecule has 174 valence electrons. The van der Waals surface area contributed by atoms with Crippen LogP contribution in [0.3, 0.4) is 0 Å². The normalized spacial score (nSPS) is 20.5. The number of β-lactam (4-membered cyclic amide) rings is 1. The predicted molar refractivity (Wildman–Crippen MR) is 117 cm³/mol. The molecule has 11 nitrogen and oxygen atoms in total. The second-order valence-corrected chi connectivity index (χ2v) is 9.13. The Balaban J connectivity index is 1.77. The van der Waals surface area contributed by atoms with E-state index in [1.165, 1.54) is 40.4 Å². The Labute approximate surface area is 197 Å². The summed E-state index contributed by atoms with van der Waals surface area (Å²) in [5.41, 5.74) is 5.09. The number of allylic oxidation sites excluding steroid dienone is 1. The van der Waals surface area contributed by atoms with Crippen LogP contribution in [0.2, 0.25) is 0 Å². The van der Waals surface area contributed by atoms with E-state index < -0.39 is 41.5 Å². The van der Waals surface area contributed by atoms with E-state index in [1.54, 1.807) is 0 Å². The lowest BCUT2D eigenvalue weighted by atomic mass is 10.0. The molecule has 1 fully saturated rings. The zero-order chi connectivity index (χ0) is 24.1. The third-order valence-electron chi connectivity index (χ3n) is 4.24. The van der Waals surface area contributed by atoms with Gasteiger partial charge in [-0.2, -0.15) is 14.0 Å². The number of halogens is 2. The Kier molecular flexibility index (Phi) is 7.89. The zero-order valence-electron chi connectivity index (χ0n) is 16.3. The van der Waals surface area contributed by atoms with Gasteiger partial charge in [0, 0.05) is 23.0 Å². The van der Waals surface area contributed by atoms with E-state index in [-0.39, 0.29) is 28.0 Å². The average molecular weight is 517 g/mol. The molecule has 0 bridgehead atoms. The monoisotopic (exact) mass is 516 g/mol. The number of nitrogens with two attached hydrogens (primary N) is 1. The lowest BCUT2D eigenvalue weighted by Crippen LogP contribution is -2.71. The van der Waals surface area contributed by atoms with Crippen molar-refractivity contribution in [2.75, 3.05) is 17.2 Å². The topological polar surface area (TPSA) is 171 Å². The van der Waals surface area contributed by atoms with Crippen LogP contribution in [-0.2, 0) is 19.2 Å². The van der Waals surface area contributed by atoms with E-state index in [0.717, 1.165) is 16.2 Å². The first kappa shape index (κ1) is 24.5. The van der Waals surface area contributed by atoms with Gasteiger partial charge in [-0.05, 0) is 11.0 Å². The van der Waals surface area contributed by atoms with E-state index in [9.17, 15) is 28.3 Å². The molecule has 1 unspecified atom stereocenters. The molecule has 33 heavy (non-hydrogen) atoms. The molecule has 1 aromatic rings. The minimum Gasteiger partial charge on any atom is -0.477 e. The number of aliphatic carboxylic acids is 1. The summed E-state index contributed by atoms with van der Waals surface area (Å²) in [6.07, 6.45) is 1.25. The summed E-state index contributed by atoms with van der Waals surface area (Å²) in [6.45, 7) is -3.29. The van der Waals surface area contributed by atoms with Gasteiger partial charge in [-0.25, -0.2) is 9.78 Å². The number of carboxylic acids is 1. The predicted octanol–water partition coefficient (Wildman–Crippen LogP) is 1.18. The summed E-state index contributed by atoms with van der Waals surface area (Å²) >= 11 is 3.38. The fourth-order valence-corrected chi connectivity index (χ4v) is 5.64. The molecule has 4 N–H and O–H groups in total. The highest BCUT2D eigenvalue weighted by Gasteiger charge is 2.54. The summed E-state index contributed by atoms with van der Waals surface area (Å²) in [6, 6.07) is 0.707. The molecule has 0 aromatic carbocycles. The summed E-state index contributed by atoms with van der Waals surface area (Å²) in [5.74, 6) is -2.46. The maximum atomic E-state index is 12.7. The van der Waals surface area contributed by atoms with Crippen LogP contribution in [0.4, 0.5) is 13.9 Å². The van der Waals surface area contributed by atoms with Crippen LogP contribution in [0.15, 0.2) is 33.3 Å². The maximum Gasteiger partial charge on any atom is 0.407 e. The minimum atomic E-state index is -3.29. The smallest absolute Gasteiger partial charge is 0.407 e. The number of nitrogens with zero attached hydrogens (tertiary/aromatic N) is 4. The van der Waals surface area contributed by atoms with Crippen LogP contribution in [0, 0.1) is 11.3 Å². The van der Waals surface area contributed by atoms with E-state index >= 15 is 0 Å². The van der Waals surface area contributed by atoms with Gasteiger partial charge < -0.3 is 21.0 Å². The fraction of sp³-hybridized carbons (Fsp3) is 0.294. The molecule has 0 aliphatic carbocycles. The number of nitrogens with one attached hydrogen (secondary N) is 1. The van der Waals surface area contributed by atoms with Crippen molar-refractivity contribution < 1.29 is 33.1 Å². The molecule has 2 aliphatic rings. The third kappa shape index (κ3) is 5.43. The first-order valence-corrected chi connectivity index (χ1v) is 11.8. The van der Waals surface area contributed by atoms with Crippen molar-refractivity contribution in [3.63, 3.8) is 0 Å². The Morgan fingerprint density at radius 2 is 2.33 bits per heavy atom. The Morgan fingerprint density at radius 1 is 1.58 bits per heavy atom. The Morgan fingerprint density at radius 3 is 2.94 bits per heavy atom. The van der Waals surface area contributed by atoms with E-state index in [2.05, 4.69) is 20.3 Å². The Bertz CT molecular complexity index is 1100. The maximum absolute atomic E-state index is 12.7.